The highest BCUT2D eigenvalue weighted by Crippen LogP contribution is 2.29. The molecule has 0 unspecified atom stereocenters. The first kappa shape index (κ1) is 32.7. The van der Waals surface area contributed by atoms with Gasteiger partial charge in [-0.1, -0.05) is 66.0 Å². The van der Waals surface area contributed by atoms with Gasteiger partial charge in [0, 0.05) is 22.1 Å². The average molecular weight is 643 g/mol. The Labute approximate surface area is 255 Å². The van der Waals surface area contributed by atoms with Gasteiger partial charge in [0.2, 0.25) is 11.8 Å². The van der Waals surface area contributed by atoms with E-state index in [2.05, 4.69) is 5.32 Å². The van der Waals surface area contributed by atoms with Gasteiger partial charge in [-0.25, -0.2) is 12.8 Å². The van der Waals surface area contributed by atoms with Crippen LogP contribution in [0.15, 0.2) is 71.6 Å². The van der Waals surface area contributed by atoms with Crippen LogP contribution in [0.1, 0.15) is 39.7 Å². The number of anilines is 1. The third kappa shape index (κ3) is 8.35. The molecule has 7 nitrogen and oxygen atoms in total. The summed E-state index contributed by atoms with van der Waals surface area (Å²) in [6, 6.07) is 14.7. The van der Waals surface area contributed by atoms with Crippen LogP contribution in [-0.4, -0.2) is 43.3 Å². The van der Waals surface area contributed by atoms with E-state index in [4.69, 9.17) is 34.8 Å². The number of amides is 2. The van der Waals surface area contributed by atoms with Crippen LogP contribution >= 0.6 is 34.8 Å². The summed E-state index contributed by atoms with van der Waals surface area (Å²) in [6.45, 7) is 6.37. The molecule has 0 aliphatic heterocycles. The monoisotopic (exact) mass is 641 g/mol. The molecule has 1 N–H and O–H groups in total. The molecule has 2 amide bonds. The minimum absolute atomic E-state index is 0.0229. The number of hydrogen-bond acceptors (Lipinski definition) is 4. The molecule has 0 aliphatic carbocycles. The summed E-state index contributed by atoms with van der Waals surface area (Å²) >= 11 is 18.5. The highest BCUT2D eigenvalue weighted by molar-refractivity contribution is 7.92. The lowest BCUT2D eigenvalue weighted by atomic mass is 10.1. The van der Waals surface area contributed by atoms with Crippen molar-refractivity contribution in [3.8, 4) is 0 Å². The smallest absolute Gasteiger partial charge is 0.264 e. The van der Waals surface area contributed by atoms with Crippen molar-refractivity contribution in [3.05, 3.63) is 93.2 Å². The Morgan fingerprint density at radius 1 is 0.951 bits per heavy atom. The first-order valence-corrected chi connectivity index (χ1v) is 15.3. The second kappa shape index (κ2) is 13.4. The molecule has 0 heterocycles. The van der Waals surface area contributed by atoms with Gasteiger partial charge in [0.1, 0.15) is 18.4 Å². The van der Waals surface area contributed by atoms with Crippen LogP contribution in [-0.2, 0) is 26.2 Å². The fraction of sp³-hybridized carbons (Fsp3) is 0.310. The molecular weight excluding hydrogens is 612 g/mol. The number of halogens is 4. The molecule has 3 aromatic rings. The summed E-state index contributed by atoms with van der Waals surface area (Å²) in [5, 5.41) is 3.25. The Bertz CT molecular complexity index is 1520. The minimum Gasteiger partial charge on any atom is -0.350 e. The SMILES string of the molecule is CC[C@@H](C(=O)NC(C)(C)C)N(Cc1ccc(Cl)cc1Cl)C(=O)CN(c1ccc(F)c(Cl)c1)S(=O)(=O)c1ccccc1. The number of benzene rings is 3. The molecule has 12 heteroatoms. The predicted octanol–water partition coefficient (Wildman–Crippen LogP) is 6.70. The molecule has 0 aromatic heterocycles. The maximum Gasteiger partial charge on any atom is 0.264 e. The zero-order valence-corrected chi connectivity index (χ0v) is 26.1. The van der Waals surface area contributed by atoms with Gasteiger partial charge in [0.05, 0.1) is 15.6 Å². The zero-order valence-electron chi connectivity index (χ0n) is 23.0. The Morgan fingerprint density at radius 2 is 1.61 bits per heavy atom. The summed E-state index contributed by atoms with van der Waals surface area (Å²) in [5.74, 6) is -1.85. The molecule has 1 atom stereocenters. The number of nitrogens with zero attached hydrogens (tertiary/aromatic N) is 2. The summed E-state index contributed by atoms with van der Waals surface area (Å²) in [7, 11) is -4.32. The van der Waals surface area contributed by atoms with Crippen LogP contribution in [0.4, 0.5) is 10.1 Å². The fourth-order valence-electron chi connectivity index (χ4n) is 4.09. The van der Waals surface area contributed by atoms with Crippen molar-refractivity contribution in [2.45, 2.75) is 57.1 Å². The van der Waals surface area contributed by atoms with Crippen molar-refractivity contribution in [1.82, 2.24) is 10.2 Å². The topological polar surface area (TPSA) is 86.8 Å². The van der Waals surface area contributed by atoms with E-state index in [9.17, 15) is 22.4 Å². The van der Waals surface area contributed by atoms with E-state index in [1.165, 1.54) is 29.2 Å². The van der Waals surface area contributed by atoms with E-state index in [0.717, 1.165) is 16.4 Å². The second-order valence-electron chi connectivity index (χ2n) is 10.3. The average Bonchev–Trinajstić information content (AvgIpc) is 2.89. The lowest BCUT2D eigenvalue weighted by Gasteiger charge is -2.35. The van der Waals surface area contributed by atoms with Gasteiger partial charge in [-0.05, 0) is 75.2 Å². The van der Waals surface area contributed by atoms with Crippen LogP contribution < -0.4 is 9.62 Å². The van der Waals surface area contributed by atoms with E-state index in [1.807, 2.05) is 20.8 Å². The van der Waals surface area contributed by atoms with Gasteiger partial charge >= 0.3 is 0 Å². The van der Waals surface area contributed by atoms with E-state index in [1.54, 1.807) is 37.3 Å². The molecular formula is C29H31Cl3FN3O4S. The molecule has 220 valence electrons. The first-order chi connectivity index (χ1) is 19.1. The minimum atomic E-state index is -4.32. The number of carbonyl (C=O) groups excluding carboxylic acids is 2. The lowest BCUT2D eigenvalue weighted by molar-refractivity contribution is -0.141. The Morgan fingerprint density at radius 3 is 2.17 bits per heavy atom. The number of nitrogens with one attached hydrogen (secondary N) is 1. The van der Waals surface area contributed by atoms with Crippen molar-refractivity contribution in [1.29, 1.82) is 0 Å². The normalized spacial score (nSPS) is 12.5. The molecule has 3 aromatic carbocycles. The van der Waals surface area contributed by atoms with Crippen LogP contribution in [0.25, 0.3) is 0 Å². The maximum atomic E-state index is 14.1. The highest BCUT2D eigenvalue weighted by atomic mass is 35.5. The van der Waals surface area contributed by atoms with E-state index in [-0.39, 0.29) is 33.6 Å². The number of carbonyl (C=O) groups is 2. The zero-order chi connectivity index (χ0) is 30.5. The van der Waals surface area contributed by atoms with Crippen molar-refractivity contribution in [2.75, 3.05) is 10.8 Å². The fourth-order valence-corrected chi connectivity index (χ4v) is 6.16. The molecule has 41 heavy (non-hydrogen) atoms. The van der Waals surface area contributed by atoms with Gasteiger partial charge in [-0.15, -0.1) is 0 Å². The molecule has 3 rings (SSSR count). The van der Waals surface area contributed by atoms with Crippen molar-refractivity contribution >= 4 is 62.3 Å². The van der Waals surface area contributed by atoms with Gasteiger partial charge < -0.3 is 10.2 Å². The van der Waals surface area contributed by atoms with Gasteiger partial charge in [-0.3, -0.25) is 13.9 Å². The summed E-state index contributed by atoms with van der Waals surface area (Å²) in [6.07, 6.45) is 0.229. The highest BCUT2D eigenvalue weighted by Gasteiger charge is 2.35. The summed E-state index contributed by atoms with van der Waals surface area (Å²) < 4.78 is 42.5. The Balaban J connectivity index is 2.11. The lowest BCUT2D eigenvalue weighted by Crippen LogP contribution is -2.55. The maximum absolute atomic E-state index is 14.1. The van der Waals surface area contributed by atoms with Crippen LogP contribution in [0.2, 0.25) is 15.1 Å². The van der Waals surface area contributed by atoms with Crippen LogP contribution in [0, 0.1) is 5.82 Å². The van der Waals surface area contributed by atoms with Crippen molar-refractivity contribution < 1.29 is 22.4 Å². The van der Waals surface area contributed by atoms with Crippen LogP contribution in [0.5, 0.6) is 0 Å². The third-order valence-electron chi connectivity index (χ3n) is 6.04. The van der Waals surface area contributed by atoms with E-state index < -0.39 is 45.8 Å². The molecule has 0 fully saturated rings. The summed E-state index contributed by atoms with van der Waals surface area (Å²) in [5.41, 5.74) is -0.107. The van der Waals surface area contributed by atoms with Gasteiger partial charge in [0.25, 0.3) is 10.0 Å². The molecule has 0 saturated heterocycles. The van der Waals surface area contributed by atoms with Crippen LogP contribution in [0.3, 0.4) is 0 Å². The van der Waals surface area contributed by atoms with Crippen molar-refractivity contribution in [2.24, 2.45) is 0 Å². The van der Waals surface area contributed by atoms with Crippen molar-refractivity contribution in [3.63, 3.8) is 0 Å². The van der Waals surface area contributed by atoms with E-state index >= 15 is 0 Å². The van der Waals surface area contributed by atoms with Gasteiger partial charge in [0.15, 0.2) is 0 Å². The Hall–Kier alpha value is -2.85. The standard InChI is InChI=1S/C29H31Cl3FN3O4S/c1-5-26(28(38)34-29(2,3)4)35(17-19-11-12-20(30)15-23(19)31)27(37)18-36(21-13-14-25(33)24(32)16-21)41(39,40)22-9-7-6-8-10-22/h6-16,26H,5,17-18H2,1-4H3,(H,34,38)/t26-/m0/s1. The number of rotatable bonds is 10. The largest absolute Gasteiger partial charge is 0.350 e. The first-order valence-electron chi connectivity index (χ1n) is 12.7. The number of hydrogen-bond donors (Lipinski definition) is 1. The molecule has 0 spiro atoms. The Kier molecular flexibility index (Phi) is 10.7. The molecule has 0 bridgehead atoms. The summed E-state index contributed by atoms with van der Waals surface area (Å²) in [4.78, 5) is 28.6. The third-order valence-corrected chi connectivity index (χ3v) is 8.71. The molecule has 0 aliphatic rings. The van der Waals surface area contributed by atoms with E-state index in [0.29, 0.717) is 10.6 Å². The predicted molar refractivity (Wildman–Crippen MR) is 161 cm³/mol. The molecule has 0 saturated carbocycles. The molecule has 0 radical (unpaired) electrons. The van der Waals surface area contributed by atoms with Gasteiger partial charge in [-0.2, -0.15) is 0 Å². The second-order valence-corrected chi connectivity index (χ2v) is 13.5. The quantitative estimate of drug-likeness (QED) is 0.267. The number of sulfonamides is 1.